The lowest BCUT2D eigenvalue weighted by atomic mass is 9.96. The highest BCUT2D eigenvalue weighted by Gasteiger charge is 2.30. The standard InChI is InChI=1S/C16H23N3O4S/c20-14(18-16(21)17-10-13-2-1-9-24-13)11-19-5-3-12(4-6-19)15-22-7-8-23-15/h1-2,9,12,15H,3-8,10-11H2,(H2,17,18,20,21). The third-order valence-corrected chi connectivity index (χ3v) is 5.16. The number of nitrogens with zero attached hydrogens (tertiary/aromatic N) is 1. The zero-order valence-corrected chi connectivity index (χ0v) is 14.3. The molecule has 24 heavy (non-hydrogen) atoms. The van der Waals surface area contributed by atoms with Gasteiger partial charge in [-0.3, -0.25) is 15.0 Å². The van der Waals surface area contributed by atoms with E-state index in [4.69, 9.17) is 9.47 Å². The first-order chi connectivity index (χ1) is 11.7. The van der Waals surface area contributed by atoms with Gasteiger partial charge in [-0.05, 0) is 37.4 Å². The van der Waals surface area contributed by atoms with Gasteiger partial charge in [0.2, 0.25) is 5.91 Å². The lowest BCUT2D eigenvalue weighted by Crippen LogP contribution is -2.46. The van der Waals surface area contributed by atoms with E-state index < -0.39 is 6.03 Å². The monoisotopic (exact) mass is 353 g/mol. The molecule has 7 nitrogen and oxygen atoms in total. The number of piperidine rings is 1. The van der Waals surface area contributed by atoms with Crippen LogP contribution in [-0.2, 0) is 20.8 Å². The third-order valence-electron chi connectivity index (χ3n) is 4.29. The minimum Gasteiger partial charge on any atom is -0.350 e. The highest BCUT2D eigenvalue weighted by molar-refractivity contribution is 7.09. The van der Waals surface area contributed by atoms with Gasteiger partial charge in [0, 0.05) is 10.8 Å². The van der Waals surface area contributed by atoms with E-state index in [2.05, 4.69) is 15.5 Å². The molecular weight excluding hydrogens is 330 g/mol. The summed E-state index contributed by atoms with van der Waals surface area (Å²) in [5.41, 5.74) is 0. The Balaban J connectivity index is 1.32. The van der Waals surface area contributed by atoms with Crippen LogP contribution in [0.25, 0.3) is 0 Å². The average molecular weight is 353 g/mol. The molecule has 2 fully saturated rings. The Morgan fingerprint density at radius 1 is 1.25 bits per heavy atom. The molecule has 0 bridgehead atoms. The van der Waals surface area contributed by atoms with Gasteiger partial charge in [-0.15, -0.1) is 11.3 Å². The smallest absolute Gasteiger partial charge is 0.321 e. The zero-order valence-electron chi connectivity index (χ0n) is 13.5. The highest BCUT2D eigenvalue weighted by Crippen LogP contribution is 2.25. The molecule has 8 heteroatoms. The average Bonchev–Trinajstić information content (AvgIpc) is 3.27. The molecule has 3 heterocycles. The van der Waals surface area contributed by atoms with Crippen molar-refractivity contribution in [1.29, 1.82) is 0 Å². The number of ether oxygens (including phenoxy) is 2. The van der Waals surface area contributed by atoms with Crippen LogP contribution in [0.2, 0.25) is 0 Å². The fourth-order valence-corrected chi connectivity index (χ4v) is 3.67. The van der Waals surface area contributed by atoms with Crippen LogP contribution in [0, 0.1) is 5.92 Å². The van der Waals surface area contributed by atoms with E-state index in [1.165, 1.54) is 0 Å². The fourth-order valence-electron chi connectivity index (χ4n) is 3.03. The number of carbonyl (C=O) groups excluding carboxylic acids is 2. The lowest BCUT2D eigenvalue weighted by Gasteiger charge is -2.33. The number of hydrogen-bond acceptors (Lipinski definition) is 6. The van der Waals surface area contributed by atoms with Crippen LogP contribution in [0.5, 0.6) is 0 Å². The maximum atomic E-state index is 12.0. The van der Waals surface area contributed by atoms with Crippen molar-refractivity contribution in [3.63, 3.8) is 0 Å². The summed E-state index contributed by atoms with van der Waals surface area (Å²) in [7, 11) is 0. The van der Waals surface area contributed by atoms with Gasteiger partial charge in [0.05, 0.1) is 26.3 Å². The number of rotatable bonds is 5. The van der Waals surface area contributed by atoms with E-state index in [-0.39, 0.29) is 18.7 Å². The molecule has 1 aromatic rings. The Kier molecular flexibility index (Phi) is 6.19. The van der Waals surface area contributed by atoms with E-state index in [9.17, 15) is 9.59 Å². The van der Waals surface area contributed by atoms with Crippen molar-refractivity contribution in [2.45, 2.75) is 25.7 Å². The first-order valence-corrected chi connectivity index (χ1v) is 9.14. The van der Waals surface area contributed by atoms with Crippen LogP contribution in [-0.4, -0.2) is 56.0 Å². The van der Waals surface area contributed by atoms with Gasteiger partial charge in [-0.2, -0.15) is 0 Å². The molecule has 2 aliphatic heterocycles. The van der Waals surface area contributed by atoms with E-state index in [1.54, 1.807) is 11.3 Å². The first-order valence-electron chi connectivity index (χ1n) is 8.26. The van der Waals surface area contributed by atoms with E-state index >= 15 is 0 Å². The predicted octanol–water partition coefficient (Wildman–Crippen LogP) is 1.16. The van der Waals surface area contributed by atoms with Gasteiger partial charge >= 0.3 is 6.03 Å². The Morgan fingerprint density at radius 2 is 2.00 bits per heavy atom. The van der Waals surface area contributed by atoms with E-state index in [1.807, 2.05) is 17.5 Å². The van der Waals surface area contributed by atoms with Crippen molar-refractivity contribution in [2.24, 2.45) is 5.92 Å². The maximum Gasteiger partial charge on any atom is 0.321 e. The molecule has 3 rings (SSSR count). The molecule has 2 N–H and O–H groups in total. The number of amides is 3. The second kappa shape index (κ2) is 8.57. The first kappa shape index (κ1) is 17.3. The molecule has 2 saturated heterocycles. The van der Waals surface area contributed by atoms with Gasteiger partial charge in [0.25, 0.3) is 0 Å². The van der Waals surface area contributed by atoms with Crippen LogP contribution in [0.1, 0.15) is 17.7 Å². The quantitative estimate of drug-likeness (QED) is 0.830. The summed E-state index contributed by atoms with van der Waals surface area (Å²) in [6, 6.07) is 3.42. The van der Waals surface area contributed by atoms with Crippen LogP contribution in [0.15, 0.2) is 17.5 Å². The number of carbonyl (C=O) groups is 2. The lowest BCUT2D eigenvalue weighted by molar-refractivity contribution is -0.122. The second-order valence-electron chi connectivity index (χ2n) is 6.03. The normalized spacial score (nSPS) is 20.2. The summed E-state index contributed by atoms with van der Waals surface area (Å²) < 4.78 is 11.1. The number of thiophene rings is 1. The van der Waals surface area contributed by atoms with Crippen LogP contribution in [0.3, 0.4) is 0 Å². The highest BCUT2D eigenvalue weighted by atomic mass is 32.1. The summed E-state index contributed by atoms with van der Waals surface area (Å²) in [5, 5.41) is 7.02. The molecule has 1 aromatic heterocycles. The van der Waals surface area contributed by atoms with Crippen LogP contribution < -0.4 is 10.6 Å². The van der Waals surface area contributed by atoms with Crippen molar-refractivity contribution < 1.29 is 19.1 Å². The maximum absolute atomic E-state index is 12.0. The summed E-state index contributed by atoms with van der Waals surface area (Å²) in [6.07, 6.45) is 1.81. The molecule has 0 spiro atoms. The third kappa shape index (κ3) is 5.01. The minimum absolute atomic E-state index is 0.0796. The Hall–Kier alpha value is -1.48. The zero-order chi connectivity index (χ0) is 16.8. The van der Waals surface area contributed by atoms with Crippen molar-refractivity contribution in [3.05, 3.63) is 22.4 Å². The van der Waals surface area contributed by atoms with E-state index in [0.29, 0.717) is 25.7 Å². The SMILES string of the molecule is O=C(CN1CCC(C2OCCO2)CC1)NC(=O)NCc1cccs1. The fraction of sp³-hybridized carbons (Fsp3) is 0.625. The Bertz CT molecular complexity index is 538. The summed E-state index contributed by atoms with van der Waals surface area (Å²) in [6.45, 7) is 3.66. The number of nitrogens with one attached hydrogen (secondary N) is 2. The molecular formula is C16H23N3O4S. The van der Waals surface area contributed by atoms with Crippen molar-refractivity contribution >= 4 is 23.3 Å². The Labute approximate surface area is 145 Å². The molecule has 2 aliphatic rings. The van der Waals surface area contributed by atoms with Gasteiger partial charge < -0.3 is 14.8 Å². The van der Waals surface area contributed by atoms with Gasteiger partial charge in [0.1, 0.15) is 0 Å². The molecule has 3 amide bonds. The van der Waals surface area contributed by atoms with Gasteiger partial charge in [-0.25, -0.2) is 4.79 Å². The topological polar surface area (TPSA) is 79.9 Å². The number of likely N-dealkylation sites (tertiary alicyclic amines) is 1. The molecule has 0 saturated carbocycles. The van der Waals surface area contributed by atoms with Crippen molar-refractivity contribution in [1.82, 2.24) is 15.5 Å². The molecule has 0 radical (unpaired) electrons. The van der Waals surface area contributed by atoms with Crippen LogP contribution in [0.4, 0.5) is 4.79 Å². The summed E-state index contributed by atoms with van der Waals surface area (Å²) >= 11 is 1.57. The molecule has 0 aromatic carbocycles. The van der Waals surface area contributed by atoms with Gasteiger partial charge in [0.15, 0.2) is 6.29 Å². The summed E-state index contributed by atoms with van der Waals surface area (Å²) in [5.74, 6) is 0.131. The number of hydrogen-bond donors (Lipinski definition) is 2. The Morgan fingerprint density at radius 3 is 2.67 bits per heavy atom. The molecule has 0 atom stereocenters. The second-order valence-corrected chi connectivity index (χ2v) is 7.07. The van der Waals surface area contributed by atoms with Crippen molar-refractivity contribution in [2.75, 3.05) is 32.8 Å². The van der Waals surface area contributed by atoms with Crippen LogP contribution >= 0.6 is 11.3 Å². The molecule has 132 valence electrons. The van der Waals surface area contributed by atoms with Gasteiger partial charge in [-0.1, -0.05) is 6.07 Å². The predicted molar refractivity (Wildman–Crippen MR) is 89.6 cm³/mol. The molecule has 0 unspecified atom stereocenters. The number of urea groups is 1. The number of imide groups is 1. The summed E-state index contributed by atoms with van der Waals surface area (Å²) in [4.78, 5) is 26.8. The largest absolute Gasteiger partial charge is 0.350 e. The van der Waals surface area contributed by atoms with E-state index in [0.717, 1.165) is 30.8 Å². The minimum atomic E-state index is -0.448. The van der Waals surface area contributed by atoms with Crippen molar-refractivity contribution in [3.8, 4) is 0 Å². The molecule has 0 aliphatic carbocycles.